The van der Waals surface area contributed by atoms with E-state index in [1.807, 2.05) is 6.07 Å². The predicted octanol–water partition coefficient (Wildman–Crippen LogP) is 2.87. The van der Waals surface area contributed by atoms with Crippen LogP contribution < -0.4 is 4.74 Å². The van der Waals surface area contributed by atoms with Gasteiger partial charge in [0, 0.05) is 12.4 Å². The van der Waals surface area contributed by atoms with Gasteiger partial charge in [-0.25, -0.2) is 4.98 Å². The Hall–Kier alpha value is -2.10. The van der Waals surface area contributed by atoms with Crippen LogP contribution in [0.25, 0.3) is 0 Å². The Labute approximate surface area is 118 Å². The molecule has 0 saturated carbocycles. The molecule has 1 aliphatic carbocycles. The van der Waals surface area contributed by atoms with Crippen LogP contribution in [0.15, 0.2) is 36.9 Å². The van der Waals surface area contributed by atoms with Crippen molar-refractivity contribution in [3.8, 4) is 5.75 Å². The Bertz CT molecular complexity index is 630. The predicted molar refractivity (Wildman–Crippen MR) is 76.0 cm³/mol. The van der Waals surface area contributed by atoms with Crippen molar-refractivity contribution >= 4 is 5.91 Å². The maximum Gasteiger partial charge on any atom is 0.275 e. The topological polar surface area (TPSA) is 44.1 Å². The molecular weight excluding hydrogens is 252 g/mol. The molecule has 0 N–H and O–H groups in total. The molecule has 0 bridgehead atoms. The first-order chi connectivity index (χ1) is 9.56. The number of imidazole rings is 1. The van der Waals surface area contributed by atoms with Crippen LogP contribution in [0.1, 0.15) is 36.2 Å². The quantitative estimate of drug-likeness (QED) is 0.861. The summed E-state index contributed by atoms with van der Waals surface area (Å²) in [6.07, 6.45) is 8.17. The first kappa shape index (κ1) is 12.9. The molecule has 0 radical (unpaired) electrons. The van der Waals surface area contributed by atoms with Crippen LogP contribution in [-0.2, 0) is 12.8 Å². The fraction of sp³-hybridized carbons (Fsp3) is 0.375. The van der Waals surface area contributed by atoms with Crippen molar-refractivity contribution in [1.82, 2.24) is 9.55 Å². The van der Waals surface area contributed by atoms with Gasteiger partial charge in [-0.3, -0.25) is 9.36 Å². The summed E-state index contributed by atoms with van der Waals surface area (Å²) in [6, 6.07) is 6.12. The second-order valence-corrected chi connectivity index (χ2v) is 5.67. The lowest BCUT2D eigenvalue weighted by atomic mass is 10.1. The van der Waals surface area contributed by atoms with Crippen molar-refractivity contribution in [2.24, 2.45) is 0 Å². The van der Waals surface area contributed by atoms with E-state index in [2.05, 4.69) is 17.1 Å². The SMILES string of the molecule is CC(C)(Oc1ccc2c(c1)CCC2)C(=O)n1ccnc1. The van der Waals surface area contributed by atoms with Crippen molar-refractivity contribution in [3.05, 3.63) is 48.0 Å². The Kier molecular flexibility index (Phi) is 3.08. The monoisotopic (exact) mass is 270 g/mol. The van der Waals surface area contributed by atoms with Gasteiger partial charge in [0.05, 0.1) is 0 Å². The van der Waals surface area contributed by atoms with Crippen LogP contribution in [0.2, 0.25) is 0 Å². The molecule has 1 aromatic heterocycles. The van der Waals surface area contributed by atoms with Crippen LogP contribution >= 0.6 is 0 Å². The molecule has 0 atom stereocenters. The Morgan fingerprint density at radius 2 is 2.10 bits per heavy atom. The molecule has 0 fully saturated rings. The number of carbonyl (C=O) groups is 1. The van der Waals surface area contributed by atoms with Gasteiger partial charge in [-0.05, 0) is 56.4 Å². The third-order valence-electron chi connectivity index (χ3n) is 3.70. The standard InChI is InChI=1S/C16H18N2O2/c1-16(2,15(19)18-9-8-17-11-18)20-14-7-6-12-4-3-5-13(12)10-14/h6-11H,3-5H2,1-2H3. The molecule has 0 amide bonds. The summed E-state index contributed by atoms with van der Waals surface area (Å²) in [7, 11) is 0. The number of rotatable bonds is 3. The number of ether oxygens (including phenoxy) is 1. The van der Waals surface area contributed by atoms with Crippen LogP contribution in [0.5, 0.6) is 5.75 Å². The number of aromatic nitrogens is 2. The number of hydrogen-bond acceptors (Lipinski definition) is 3. The molecule has 0 spiro atoms. The van der Waals surface area contributed by atoms with Gasteiger partial charge in [0.25, 0.3) is 5.91 Å². The summed E-state index contributed by atoms with van der Waals surface area (Å²) in [5.41, 5.74) is 1.82. The zero-order valence-electron chi connectivity index (χ0n) is 11.8. The van der Waals surface area contributed by atoms with E-state index in [1.54, 1.807) is 26.2 Å². The molecule has 4 heteroatoms. The molecule has 0 saturated heterocycles. The Morgan fingerprint density at radius 1 is 1.30 bits per heavy atom. The molecular formula is C16H18N2O2. The van der Waals surface area contributed by atoms with Crippen molar-refractivity contribution in [1.29, 1.82) is 0 Å². The first-order valence-corrected chi connectivity index (χ1v) is 6.90. The fourth-order valence-corrected chi connectivity index (χ4v) is 2.64. The van der Waals surface area contributed by atoms with Crippen LogP contribution in [0.4, 0.5) is 0 Å². The molecule has 0 aliphatic heterocycles. The molecule has 0 unspecified atom stereocenters. The lowest BCUT2D eigenvalue weighted by Gasteiger charge is -2.25. The van der Waals surface area contributed by atoms with Crippen LogP contribution in [0.3, 0.4) is 0 Å². The number of aryl methyl sites for hydroxylation is 2. The van der Waals surface area contributed by atoms with Crippen molar-refractivity contribution < 1.29 is 9.53 Å². The second-order valence-electron chi connectivity index (χ2n) is 5.67. The molecule has 2 aromatic rings. The minimum Gasteiger partial charge on any atom is -0.478 e. The van der Waals surface area contributed by atoms with Crippen molar-refractivity contribution in [2.45, 2.75) is 38.7 Å². The minimum atomic E-state index is -0.923. The average Bonchev–Trinajstić information content (AvgIpc) is 3.08. The van der Waals surface area contributed by atoms with E-state index < -0.39 is 5.60 Å². The molecule has 4 nitrogen and oxygen atoms in total. The lowest BCUT2D eigenvalue weighted by molar-refractivity contribution is 0.0487. The molecule has 20 heavy (non-hydrogen) atoms. The van der Waals surface area contributed by atoms with Gasteiger partial charge in [0.2, 0.25) is 0 Å². The van der Waals surface area contributed by atoms with Crippen LogP contribution in [-0.4, -0.2) is 21.1 Å². The van der Waals surface area contributed by atoms with E-state index in [-0.39, 0.29) is 5.91 Å². The van der Waals surface area contributed by atoms with Gasteiger partial charge < -0.3 is 4.74 Å². The Balaban J connectivity index is 1.81. The smallest absolute Gasteiger partial charge is 0.275 e. The zero-order valence-corrected chi connectivity index (χ0v) is 11.8. The van der Waals surface area contributed by atoms with Crippen molar-refractivity contribution in [3.63, 3.8) is 0 Å². The molecule has 3 rings (SSSR count). The van der Waals surface area contributed by atoms with E-state index in [1.165, 1.54) is 28.4 Å². The number of fused-ring (bicyclic) bond motifs is 1. The molecule has 104 valence electrons. The third-order valence-corrected chi connectivity index (χ3v) is 3.70. The summed E-state index contributed by atoms with van der Waals surface area (Å²) in [5, 5.41) is 0. The highest BCUT2D eigenvalue weighted by atomic mass is 16.5. The number of nitrogens with zero attached hydrogens (tertiary/aromatic N) is 2. The molecule has 1 aromatic carbocycles. The van der Waals surface area contributed by atoms with E-state index in [0.717, 1.165) is 18.6 Å². The van der Waals surface area contributed by atoms with E-state index in [4.69, 9.17) is 4.74 Å². The van der Waals surface area contributed by atoms with Gasteiger partial charge >= 0.3 is 0 Å². The fourth-order valence-electron chi connectivity index (χ4n) is 2.64. The normalized spacial score (nSPS) is 14.1. The summed E-state index contributed by atoms with van der Waals surface area (Å²) in [6.45, 7) is 3.56. The summed E-state index contributed by atoms with van der Waals surface area (Å²) < 4.78 is 7.37. The number of carbonyl (C=O) groups excluding carboxylic acids is 1. The summed E-state index contributed by atoms with van der Waals surface area (Å²) in [5.74, 6) is 0.625. The van der Waals surface area contributed by atoms with Gasteiger partial charge in [0.1, 0.15) is 12.1 Å². The van der Waals surface area contributed by atoms with Crippen molar-refractivity contribution in [2.75, 3.05) is 0 Å². The van der Waals surface area contributed by atoms with E-state index in [0.29, 0.717) is 0 Å². The lowest BCUT2D eigenvalue weighted by Crippen LogP contribution is -2.41. The zero-order chi connectivity index (χ0) is 14.2. The molecule has 1 heterocycles. The maximum absolute atomic E-state index is 12.4. The van der Waals surface area contributed by atoms with E-state index in [9.17, 15) is 4.79 Å². The highest BCUT2D eigenvalue weighted by molar-refractivity contribution is 5.86. The minimum absolute atomic E-state index is 0.129. The summed E-state index contributed by atoms with van der Waals surface area (Å²) in [4.78, 5) is 16.3. The van der Waals surface area contributed by atoms with Gasteiger partial charge in [-0.1, -0.05) is 6.07 Å². The highest BCUT2D eigenvalue weighted by Gasteiger charge is 2.31. The maximum atomic E-state index is 12.4. The van der Waals surface area contributed by atoms with Gasteiger partial charge in [0.15, 0.2) is 5.60 Å². The first-order valence-electron chi connectivity index (χ1n) is 6.90. The largest absolute Gasteiger partial charge is 0.478 e. The highest BCUT2D eigenvalue weighted by Crippen LogP contribution is 2.28. The number of hydrogen-bond donors (Lipinski definition) is 0. The number of benzene rings is 1. The van der Waals surface area contributed by atoms with Gasteiger partial charge in [-0.2, -0.15) is 0 Å². The van der Waals surface area contributed by atoms with Crippen LogP contribution in [0, 0.1) is 0 Å². The Morgan fingerprint density at radius 3 is 2.85 bits per heavy atom. The average molecular weight is 270 g/mol. The molecule has 1 aliphatic rings. The second kappa shape index (κ2) is 4.78. The summed E-state index contributed by atoms with van der Waals surface area (Å²) >= 11 is 0. The van der Waals surface area contributed by atoms with Gasteiger partial charge in [-0.15, -0.1) is 0 Å². The third kappa shape index (κ3) is 2.33. The van der Waals surface area contributed by atoms with E-state index >= 15 is 0 Å².